The van der Waals surface area contributed by atoms with E-state index in [0.29, 0.717) is 0 Å². The van der Waals surface area contributed by atoms with Gasteiger partial charge in [-0.25, -0.2) is 0 Å². The predicted octanol–water partition coefficient (Wildman–Crippen LogP) is 0.595. The van der Waals surface area contributed by atoms with E-state index in [1.807, 2.05) is 0 Å². The molecule has 28 valence electrons. The number of hydrogen-bond acceptors (Lipinski definition) is 1. The molecule has 0 rings (SSSR count). The number of ketones is 1. The summed E-state index contributed by atoms with van der Waals surface area (Å²) in [6, 6.07) is 0. The fourth-order valence-electron chi connectivity index (χ4n) is 0. The van der Waals surface area contributed by atoms with Crippen molar-refractivity contribution in [3.8, 4) is 0 Å². The van der Waals surface area contributed by atoms with Gasteiger partial charge in [0, 0.05) is 31.1 Å². The van der Waals surface area contributed by atoms with Gasteiger partial charge in [-0.15, -0.1) is 0 Å². The third-order valence-corrected chi connectivity index (χ3v) is 0. The van der Waals surface area contributed by atoms with Crippen molar-refractivity contribution in [2.24, 2.45) is 0 Å². The maximum Gasteiger partial charge on any atom is 0.126 e. The predicted molar refractivity (Wildman–Crippen MR) is 16.4 cm³/mol. The number of Topliss-reactive ketones (excluding diaryl/α,β-unsaturated/α-hetero) is 1. The average Bonchev–Trinajstić information content (AvgIpc) is 0.811. The molecule has 0 spiro atoms. The van der Waals surface area contributed by atoms with Gasteiger partial charge in [-0.2, -0.15) is 0 Å². The largest absolute Gasteiger partial charge is 0.300 e. The Hall–Kier alpha value is 0.722. The number of carbonyl (C=O) groups is 1. The first-order valence-corrected chi connectivity index (χ1v) is 1.20. The quantitative estimate of drug-likeness (QED) is 0.640. The summed E-state index contributed by atoms with van der Waals surface area (Å²) in [4.78, 5) is 9.44. The third kappa shape index (κ3) is 67.1. The second-order valence-electron chi connectivity index (χ2n) is 0.908. The third-order valence-electron chi connectivity index (χ3n) is 0. The van der Waals surface area contributed by atoms with Gasteiger partial charge in [0.1, 0.15) is 5.78 Å². The van der Waals surface area contributed by atoms with Crippen LogP contribution in [0.2, 0.25) is 0 Å². The van der Waals surface area contributed by atoms with E-state index in [2.05, 4.69) is 0 Å². The minimum atomic E-state index is 0. The van der Waals surface area contributed by atoms with Gasteiger partial charge in [0.15, 0.2) is 0 Å². The van der Waals surface area contributed by atoms with Crippen LogP contribution in [0.5, 0.6) is 0 Å². The van der Waals surface area contributed by atoms with Crippen LogP contribution in [-0.2, 0) is 4.79 Å². The van der Waals surface area contributed by atoms with Crippen LogP contribution in [-0.4, -0.2) is 5.78 Å². The molecular weight excluding hydrogens is 290 g/mol. The maximum absolute atomic E-state index is 9.44. The zero-order valence-electron chi connectivity index (χ0n) is 3.41. The molecular formula is C3H6OU. The van der Waals surface area contributed by atoms with Crippen molar-refractivity contribution >= 4 is 5.78 Å². The molecule has 0 heterocycles. The first-order chi connectivity index (χ1) is 1.73. The minimum Gasteiger partial charge on any atom is -0.300 e. The summed E-state index contributed by atoms with van der Waals surface area (Å²) < 4.78 is 0. The smallest absolute Gasteiger partial charge is 0.126 e. The molecule has 5 heavy (non-hydrogen) atoms. The van der Waals surface area contributed by atoms with E-state index >= 15 is 0 Å². The summed E-state index contributed by atoms with van der Waals surface area (Å²) in [5, 5.41) is 0. The molecule has 0 saturated carbocycles. The van der Waals surface area contributed by atoms with Crippen molar-refractivity contribution in [3.63, 3.8) is 0 Å². The maximum atomic E-state index is 9.44. The Morgan fingerprint density at radius 2 is 1.40 bits per heavy atom. The molecule has 0 fully saturated rings. The molecule has 0 aromatic rings. The van der Waals surface area contributed by atoms with Crippen molar-refractivity contribution in [1.29, 1.82) is 0 Å². The molecule has 0 aliphatic rings. The fraction of sp³-hybridized carbons (Fsp3) is 0.667. The molecule has 0 amide bonds. The van der Waals surface area contributed by atoms with E-state index < -0.39 is 0 Å². The van der Waals surface area contributed by atoms with Crippen molar-refractivity contribution in [3.05, 3.63) is 0 Å². The summed E-state index contributed by atoms with van der Waals surface area (Å²) in [6.07, 6.45) is 0. The van der Waals surface area contributed by atoms with Crippen LogP contribution in [0, 0.1) is 31.1 Å². The Kier molecular flexibility index (Phi) is 8.70. The van der Waals surface area contributed by atoms with Crippen molar-refractivity contribution in [2.45, 2.75) is 13.8 Å². The SMILES string of the molecule is CC(C)=O.[U]. The van der Waals surface area contributed by atoms with Gasteiger partial charge in [0.25, 0.3) is 0 Å². The fourth-order valence-corrected chi connectivity index (χ4v) is 0. The van der Waals surface area contributed by atoms with Gasteiger partial charge < -0.3 is 4.79 Å². The topological polar surface area (TPSA) is 17.1 Å². The molecule has 0 saturated heterocycles. The molecule has 0 bridgehead atoms. The zero-order valence-corrected chi connectivity index (χ0v) is 7.57. The Labute approximate surface area is 55.5 Å². The Bertz CT molecular complexity index is 29.9. The number of rotatable bonds is 0. The number of carbonyl (C=O) groups excluding carboxylic acids is 1. The molecule has 2 heteroatoms. The molecule has 0 aromatic carbocycles. The normalized spacial score (nSPS) is 5.20. The van der Waals surface area contributed by atoms with Crippen LogP contribution in [0.4, 0.5) is 0 Å². The average molecular weight is 296 g/mol. The van der Waals surface area contributed by atoms with Crippen LogP contribution in [0.3, 0.4) is 0 Å². The first-order valence-electron chi connectivity index (χ1n) is 1.20. The summed E-state index contributed by atoms with van der Waals surface area (Å²) in [5.41, 5.74) is 0. The monoisotopic (exact) mass is 296 g/mol. The van der Waals surface area contributed by atoms with E-state index in [-0.39, 0.29) is 36.9 Å². The Morgan fingerprint density at radius 3 is 1.40 bits per heavy atom. The molecule has 0 unspecified atom stereocenters. The van der Waals surface area contributed by atoms with Gasteiger partial charge in [0.05, 0.1) is 0 Å². The summed E-state index contributed by atoms with van der Waals surface area (Å²) >= 11 is 0. The van der Waals surface area contributed by atoms with Crippen molar-refractivity contribution in [2.75, 3.05) is 0 Å². The van der Waals surface area contributed by atoms with E-state index in [9.17, 15) is 4.79 Å². The molecule has 0 atom stereocenters. The van der Waals surface area contributed by atoms with Crippen molar-refractivity contribution in [1.82, 2.24) is 0 Å². The van der Waals surface area contributed by atoms with E-state index in [4.69, 9.17) is 0 Å². The van der Waals surface area contributed by atoms with Crippen LogP contribution in [0.25, 0.3) is 0 Å². The molecule has 0 aromatic heterocycles. The molecule has 0 aliphatic carbocycles. The van der Waals surface area contributed by atoms with E-state index in [1.54, 1.807) is 0 Å². The minimum absolute atomic E-state index is 0. The number of hydrogen-bond donors (Lipinski definition) is 0. The van der Waals surface area contributed by atoms with Crippen LogP contribution in [0.1, 0.15) is 13.8 Å². The van der Waals surface area contributed by atoms with Gasteiger partial charge >= 0.3 is 0 Å². The van der Waals surface area contributed by atoms with Crippen LogP contribution in [0.15, 0.2) is 0 Å². The summed E-state index contributed by atoms with van der Waals surface area (Å²) in [5.74, 6) is 0.167. The van der Waals surface area contributed by atoms with Crippen LogP contribution < -0.4 is 0 Å². The second-order valence-corrected chi connectivity index (χ2v) is 0.908. The van der Waals surface area contributed by atoms with Crippen LogP contribution >= 0.6 is 0 Å². The standard InChI is InChI=1S/C3H6O.U/c1-3(2)4;/h1-2H3;. The second kappa shape index (κ2) is 4.72. The van der Waals surface area contributed by atoms with Gasteiger partial charge in [-0.1, -0.05) is 0 Å². The molecule has 1 nitrogen and oxygen atoms in total. The zero-order chi connectivity index (χ0) is 3.58. The van der Waals surface area contributed by atoms with Crippen molar-refractivity contribution < 1.29 is 35.9 Å². The molecule has 0 aliphatic heterocycles. The first kappa shape index (κ1) is 9.21. The van der Waals surface area contributed by atoms with Gasteiger partial charge in [-0.05, 0) is 13.8 Å². The van der Waals surface area contributed by atoms with E-state index in [0.717, 1.165) is 0 Å². The molecule has 0 radical (unpaired) electrons. The Balaban J connectivity index is 0. The summed E-state index contributed by atoms with van der Waals surface area (Å²) in [6.45, 7) is 3.06. The van der Waals surface area contributed by atoms with Gasteiger partial charge in [0.2, 0.25) is 0 Å². The Morgan fingerprint density at radius 1 is 1.40 bits per heavy atom. The van der Waals surface area contributed by atoms with E-state index in [1.165, 1.54) is 13.8 Å². The van der Waals surface area contributed by atoms with Gasteiger partial charge in [-0.3, -0.25) is 0 Å². The summed E-state index contributed by atoms with van der Waals surface area (Å²) in [7, 11) is 0. The molecule has 0 N–H and O–H groups in total.